The molecule has 0 unspecified atom stereocenters. The van der Waals surface area contributed by atoms with Crippen LogP contribution in [0.5, 0.6) is 0 Å². The largest absolute Gasteiger partial charge is 0.340 e. The van der Waals surface area contributed by atoms with Crippen molar-refractivity contribution >= 4 is 28.6 Å². The number of imidazole rings is 1. The minimum atomic E-state index is 0.0812. The van der Waals surface area contributed by atoms with Gasteiger partial charge in [-0.25, -0.2) is 15.0 Å². The van der Waals surface area contributed by atoms with Gasteiger partial charge >= 0.3 is 0 Å². The van der Waals surface area contributed by atoms with Crippen LogP contribution >= 0.6 is 0 Å². The summed E-state index contributed by atoms with van der Waals surface area (Å²) in [5.74, 6) is 0.735. The fourth-order valence-corrected chi connectivity index (χ4v) is 2.88. The summed E-state index contributed by atoms with van der Waals surface area (Å²) < 4.78 is 0. The number of carbonyl (C=O) groups is 1. The molecule has 1 fully saturated rings. The van der Waals surface area contributed by atoms with E-state index in [4.69, 9.17) is 0 Å². The van der Waals surface area contributed by atoms with Gasteiger partial charge in [0.05, 0.1) is 6.33 Å². The average Bonchev–Trinajstić information content (AvgIpc) is 3.12. The summed E-state index contributed by atoms with van der Waals surface area (Å²) in [6, 6.07) is 7.45. The van der Waals surface area contributed by atoms with Crippen LogP contribution < -0.4 is 5.32 Å². The SMILES string of the molecule is CN1CCN(C(=O)c2ccc(Nc3ncnc4nc[nH]c34)cc2)CC1. The summed E-state index contributed by atoms with van der Waals surface area (Å²) in [6.45, 7) is 3.38. The molecule has 3 heterocycles. The molecule has 8 heteroatoms. The Morgan fingerprint density at radius 1 is 1.08 bits per heavy atom. The van der Waals surface area contributed by atoms with E-state index in [0.29, 0.717) is 17.0 Å². The number of nitrogens with one attached hydrogen (secondary N) is 2. The number of hydrogen-bond donors (Lipinski definition) is 2. The van der Waals surface area contributed by atoms with Gasteiger partial charge in [0.2, 0.25) is 0 Å². The van der Waals surface area contributed by atoms with Crippen LogP contribution in [0.1, 0.15) is 10.4 Å². The van der Waals surface area contributed by atoms with E-state index in [-0.39, 0.29) is 5.91 Å². The molecule has 1 aliphatic heterocycles. The Kier molecular flexibility index (Phi) is 4.02. The van der Waals surface area contributed by atoms with Gasteiger partial charge in [0.25, 0.3) is 5.91 Å². The Morgan fingerprint density at radius 2 is 1.84 bits per heavy atom. The van der Waals surface area contributed by atoms with E-state index in [9.17, 15) is 4.79 Å². The molecule has 4 rings (SSSR count). The first-order valence-electron chi connectivity index (χ1n) is 8.20. The van der Waals surface area contributed by atoms with Crippen LogP contribution in [0.3, 0.4) is 0 Å². The van der Waals surface area contributed by atoms with E-state index < -0.39 is 0 Å². The van der Waals surface area contributed by atoms with E-state index in [1.807, 2.05) is 29.2 Å². The number of aromatic nitrogens is 4. The molecule has 25 heavy (non-hydrogen) atoms. The van der Waals surface area contributed by atoms with Crippen molar-refractivity contribution in [3.8, 4) is 0 Å². The fraction of sp³-hybridized carbons (Fsp3) is 0.294. The van der Waals surface area contributed by atoms with Gasteiger partial charge in [0.15, 0.2) is 11.5 Å². The molecule has 2 aromatic heterocycles. The Balaban J connectivity index is 1.48. The van der Waals surface area contributed by atoms with Gasteiger partial charge in [-0.2, -0.15) is 0 Å². The lowest BCUT2D eigenvalue weighted by atomic mass is 10.1. The molecule has 0 atom stereocenters. The van der Waals surface area contributed by atoms with E-state index in [1.165, 1.54) is 6.33 Å². The summed E-state index contributed by atoms with van der Waals surface area (Å²) in [6.07, 6.45) is 3.05. The third-order valence-corrected chi connectivity index (χ3v) is 4.41. The van der Waals surface area contributed by atoms with Crippen LogP contribution in [-0.2, 0) is 0 Å². The normalized spacial score (nSPS) is 15.5. The molecule has 0 bridgehead atoms. The molecule has 0 saturated carbocycles. The third-order valence-electron chi connectivity index (χ3n) is 4.41. The zero-order chi connectivity index (χ0) is 17.2. The van der Waals surface area contributed by atoms with Crippen LogP contribution in [0.2, 0.25) is 0 Å². The molecular formula is C17H19N7O. The minimum Gasteiger partial charge on any atom is -0.340 e. The van der Waals surface area contributed by atoms with Crippen molar-refractivity contribution in [1.29, 1.82) is 0 Å². The molecule has 8 nitrogen and oxygen atoms in total. The standard InChI is InChI=1S/C17H19N7O/c1-23-6-8-24(9-7-23)17(25)12-2-4-13(5-3-12)22-16-14-15(19-10-18-14)20-11-21-16/h2-5,10-11H,6-9H2,1H3,(H2,18,19,20,21,22). The van der Waals surface area contributed by atoms with Crippen molar-refractivity contribution in [3.63, 3.8) is 0 Å². The number of benzene rings is 1. The van der Waals surface area contributed by atoms with E-state index in [1.54, 1.807) is 6.33 Å². The number of anilines is 2. The number of hydrogen-bond acceptors (Lipinski definition) is 6. The summed E-state index contributed by atoms with van der Waals surface area (Å²) in [7, 11) is 2.08. The number of amides is 1. The first kappa shape index (κ1) is 15.5. The number of rotatable bonds is 3. The summed E-state index contributed by atoms with van der Waals surface area (Å²) in [5.41, 5.74) is 2.91. The lowest BCUT2D eigenvalue weighted by Gasteiger charge is -2.32. The summed E-state index contributed by atoms with van der Waals surface area (Å²) in [4.78, 5) is 32.2. The second-order valence-corrected chi connectivity index (χ2v) is 6.12. The monoisotopic (exact) mass is 337 g/mol. The Bertz CT molecular complexity index is 881. The molecule has 0 aliphatic carbocycles. The van der Waals surface area contributed by atoms with Crippen LogP contribution in [0.15, 0.2) is 36.9 Å². The first-order chi connectivity index (χ1) is 12.2. The second-order valence-electron chi connectivity index (χ2n) is 6.12. The summed E-state index contributed by atoms with van der Waals surface area (Å²) in [5, 5.41) is 3.23. The molecule has 2 N–H and O–H groups in total. The summed E-state index contributed by atoms with van der Waals surface area (Å²) >= 11 is 0. The first-order valence-corrected chi connectivity index (χ1v) is 8.20. The zero-order valence-corrected chi connectivity index (χ0v) is 13.9. The van der Waals surface area contributed by atoms with Gasteiger partial charge in [-0.15, -0.1) is 0 Å². The van der Waals surface area contributed by atoms with Crippen molar-refractivity contribution in [2.75, 3.05) is 38.5 Å². The highest BCUT2D eigenvalue weighted by molar-refractivity contribution is 5.95. The smallest absolute Gasteiger partial charge is 0.253 e. The van der Waals surface area contributed by atoms with Gasteiger partial charge in [-0.1, -0.05) is 0 Å². The van der Waals surface area contributed by atoms with Crippen LogP contribution in [0, 0.1) is 0 Å². The number of aromatic amines is 1. The van der Waals surface area contributed by atoms with Crippen LogP contribution in [-0.4, -0.2) is 68.9 Å². The molecule has 0 radical (unpaired) electrons. The van der Waals surface area contributed by atoms with Crippen LogP contribution in [0.25, 0.3) is 11.2 Å². The Hall–Kier alpha value is -3.00. The van der Waals surface area contributed by atoms with Gasteiger partial charge < -0.3 is 20.1 Å². The van der Waals surface area contributed by atoms with E-state index in [2.05, 4.69) is 37.2 Å². The maximum absolute atomic E-state index is 12.6. The van der Waals surface area contributed by atoms with Gasteiger partial charge in [-0.3, -0.25) is 4.79 Å². The lowest BCUT2D eigenvalue weighted by molar-refractivity contribution is 0.0664. The molecule has 3 aromatic rings. The molecule has 128 valence electrons. The average molecular weight is 337 g/mol. The number of carbonyl (C=O) groups excluding carboxylic acids is 1. The number of likely N-dealkylation sites (N-methyl/N-ethyl adjacent to an activating group) is 1. The number of nitrogens with zero attached hydrogens (tertiary/aromatic N) is 5. The third kappa shape index (κ3) is 3.16. The van der Waals surface area contributed by atoms with Crippen molar-refractivity contribution in [1.82, 2.24) is 29.7 Å². The second kappa shape index (κ2) is 6.48. The topological polar surface area (TPSA) is 90.0 Å². The maximum atomic E-state index is 12.6. The van der Waals surface area contributed by atoms with E-state index >= 15 is 0 Å². The zero-order valence-electron chi connectivity index (χ0n) is 13.9. The van der Waals surface area contributed by atoms with Crippen molar-refractivity contribution in [2.45, 2.75) is 0 Å². The quantitative estimate of drug-likeness (QED) is 0.752. The lowest BCUT2D eigenvalue weighted by Crippen LogP contribution is -2.47. The highest BCUT2D eigenvalue weighted by Gasteiger charge is 2.20. The van der Waals surface area contributed by atoms with Crippen molar-refractivity contribution < 1.29 is 4.79 Å². The van der Waals surface area contributed by atoms with Crippen molar-refractivity contribution in [3.05, 3.63) is 42.5 Å². The van der Waals surface area contributed by atoms with Crippen molar-refractivity contribution in [2.24, 2.45) is 0 Å². The Labute approximate surface area is 144 Å². The highest BCUT2D eigenvalue weighted by Crippen LogP contribution is 2.21. The van der Waals surface area contributed by atoms with Gasteiger partial charge in [0.1, 0.15) is 11.8 Å². The highest BCUT2D eigenvalue weighted by atomic mass is 16.2. The number of H-pyrrole nitrogens is 1. The van der Waals surface area contributed by atoms with Gasteiger partial charge in [0, 0.05) is 37.4 Å². The van der Waals surface area contributed by atoms with Crippen LogP contribution in [0.4, 0.5) is 11.5 Å². The van der Waals surface area contributed by atoms with E-state index in [0.717, 1.165) is 37.4 Å². The molecule has 1 amide bonds. The molecule has 1 aliphatic rings. The fourth-order valence-electron chi connectivity index (χ4n) is 2.88. The molecule has 1 aromatic carbocycles. The molecule has 0 spiro atoms. The minimum absolute atomic E-state index is 0.0812. The Morgan fingerprint density at radius 3 is 2.60 bits per heavy atom. The maximum Gasteiger partial charge on any atom is 0.253 e. The number of piperazine rings is 1. The molecular weight excluding hydrogens is 318 g/mol. The van der Waals surface area contributed by atoms with Gasteiger partial charge in [-0.05, 0) is 31.3 Å². The number of fused-ring (bicyclic) bond motifs is 1. The molecule has 1 saturated heterocycles. The predicted octanol–water partition coefficient (Wildman–Crippen LogP) is 1.48. The predicted molar refractivity (Wildman–Crippen MR) is 94.8 cm³/mol.